The number of benzene rings is 1. The fourth-order valence-corrected chi connectivity index (χ4v) is 2.73. The zero-order valence-corrected chi connectivity index (χ0v) is 12.7. The van der Waals surface area contributed by atoms with Gasteiger partial charge < -0.3 is 15.8 Å². The summed E-state index contributed by atoms with van der Waals surface area (Å²) >= 11 is 0. The minimum atomic E-state index is 0.308. The lowest BCUT2D eigenvalue weighted by Crippen LogP contribution is -2.10. The second kappa shape index (κ2) is 4.62. The predicted octanol–water partition coefficient (Wildman–Crippen LogP) is 3.90. The summed E-state index contributed by atoms with van der Waals surface area (Å²) in [5, 5.41) is 3.59. The Balaban J connectivity index is 2.11. The van der Waals surface area contributed by atoms with Crippen molar-refractivity contribution in [1.29, 1.82) is 0 Å². The van der Waals surface area contributed by atoms with E-state index in [4.69, 9.17) is 10.5 Å². The Morgan fingerprint density at radius 1 is 1.16 bits per heavy atom. The summed E-state index contributed by atoms with van der Waals surface area (Å²) < 4.78 is 5.66. The average molecular weight is 262 g/mol. The summed E-state index contributed by atoms with van der Waals surface area (Å²) in [4.78, 5) is 0. The predicted molar refractivity (Wildman–Crippen MR) is 81.6 cm³/mol. The first-order chi connectivity index (χ1) is 8.79. The fraction of sp³-hybridized carbons (Fsp3) is 0.625. The minimum Gasteiger partial charge on any atom is -0.493 e. The van der Waals surface area contributed by atoms with Crippen molar-refractivity contribution < 1.29 is 4.74 Å². The van der Waals surface area contributed by atoms with Crippen LogP contribution in [0.4, 0.5) is 11.4 Å². The van der Waals surface area contributed by atoms with Crippen LogP contribution >= 0.6 is 0 Å². The number of nitrogens with two attached hydrogens (primary N) is 1. The third-order valence-corrected chi connectivity index (χ3v) is 4.73. The Morgan fingerprint density at radius 2 is 1.79 bits per heavy atom. The van der Waals surface area contributed by atoms with Crippen LogP contribution in [0.2, 0.25) is 0 Å². The first kappa shape index (κ1) is 14.0. The monoisotopic (exact) mass is 262 g/mol. The summed E-state index contributed by atoms with van der Waals surface area (Å²) in [5.74, 6) is 0.848. The Labute approximate surface area is 116 Å². The number of nitrogen functional groups attached to an aromatic ring is 1. The van der Waals surface area contributed by atoms with E-state index in [2.05, 4.69) is 39.9 Å². The number of ether oxygens (including phenoxy) is 1. The minimum absolute atomic E-state index is 0.308. The van der Waals surface area contributed by atoms with Gasteiger partial charge in [0.05, 0.1) is 6.61 Å². The quantitative estimate of drug-likeness (QED) is 0.791. The van der Waals surface area contributed by atoms with E-state index >= 15 is 0 Å². The van der Waals surface area contributed by atoms with E-state index in [1.54, 1.807) is 0 Å². The summed E-state index contributed by atoms with van der Waals surface area (Å²) in [6.45, 7) is 12.0. The van der Waals surface area contributed by atoms with Crippen LogP contribution in [0.15, 0.2) is 18.2 Å². The molecule has 0 radical (unpaired) electrons. The fourth-order valence-electron chi connectivity index (χ4n) is 2.73. The molecule has 0 unspecified atom stereocenters. The second-order valence-electron chi connectivity index (χ2n) is 6.66. The number of nitrogens with one attached hydrogen (secondary N) is 1. The van der Waals surface area contributed by atoms with Gasteiger partial charge in [0.15, 0.2) is 0 Å². The lowest BCUT2D eigenvalue weighted by Gasteiger charge is -2.12. The van der Waals surface area contributed by atoms with Crippen molar-refractivity contribution >= 4 is 11.4 Å². The first-order valence-corrected chi connectivity index (χ1v) is 7.09. The van der Waals surface area contributed by atoms with Crippen molar-refractivity contribution in [2.45, 2.75) is 47.1 Å². The van der Waals surface area contributed by atoms with Crippen LogP contribution in [0.25, 0.3) is 0 Å². The highest BCUT2D eigenvalue weighted by Crippen LogP contribution is 2.63. The largest absolute Gasteiger partial charge is 0.493 e. The van der Waals surface area contributed by atoms with Crippen LogP contribution in [0.3, 0.4) is 0 Å². The molecule has 0 aromatic heterocycles. The number of hydrogen-bond acceptors (Lipinski definition) is 3. The van der Waals surface area contributed by atoms with Gasteiger partial charge in [-0.3, -0.25) is 0 Å². The molecule has 3 heteroatoms. The van der Waals surface area contributed by atoms with Crippen LogP contribution in [0.5, 0.6) is 5.75 Å². The topological polar surface area (TPSA) is 47.3 Å². The molecule has 0 atom stereocenters. The van der Waals surface area contributed by atoms with Crippen LogP contribution in [-0.2, 0) is 0 Å². The SMILES string of the molecule is CCCOc1cc(N)cc(NC2C(C)(C)C2(C)C)c1. The third kappa shape index (κ3) is 2.51. The third-order valence-electron chi connectivity index (χ3n) is 4.73. The van der Waals surface area contributed by atoms with Gasteiger partial charge in [-0.25, -0.2) is 0 Å². The first-order valence-electron chi connectivity index (χ1n) is 7.09. The number of rotatable bonds is 5. The van der Waals surface area contributed by atoms with Crippen LogP contribution < -0.4 is 15.8 Å². The van der Waals surface area contributed by atoms with Gasteiger partial charge in [0, 0.05) is 29.5 Å². The summed E-state index contributed by atoms with van der Waals surface area (Å²) in [6.07, 6.45) is 1.00. The molecule has 1 aromatic rings. The van der Waals surface area contributed by atoms with E-state index in [0.29, 0.717) is 16.9 Å². The zero-order valence-electron chi connectivity index (χ0n) is 12.7. The highest BCUT2D eigenvalue weighted by molar-refractivity contribution is 5.60. The van der Waals surface area contributed by atoms with Gasteiger partial charge in [-0.1, -0.05) is 34.6 Å². The molecule has 1 aliphatic carbocycles. The van der Waals surface area contributed by atoms with Gasteiger partial charge in [0.1, 0.15) is 5.75 Å². The molecule has 1 aliphatic rings. The molecule has 3 nitrogen and oxygen atoms in total. The van der Waals surface area contributed by atoms with Gasteiger partial charge in [0.2, 0.25) is 0 Å². The maximum absolute atomic E-state index is 5.94. The highest BCUT2D eigenvalue weighted by Gasteiger charge is 2.64. The Bertz CT molecular complexity index is 452. The number of anilines is 2. The van der Waals surface area contributed by atoms with E-state index in [0.717, 1.165) is 30.2 Å². The molecule has 1 fully saturated rings. The molecule has 3 N–H and O–H groups in total. The van der Waals surface area contributed by atoms with E-state index in [9.17, 15) is 0 Å². The lowest BCUT2D eigenvalue weighted by molar-refractivity contribution is 0.318. The zero-order chi connectivity index (χ0) is 14.3. The van der Waals surface area contributed by atoms with Crippen molar-refractivity contribution in [2.75, 3.05) is 17.7 Å². The second-order valence-corrected chi connectivity index (χ2v) is 6.66. The maximum atomic E-state index is 5.94. The van der Waals surface area contributed by atoms with Gasteiger partial charge in [-0.15, -0.1) is 0 Å². The standard InChI is InChI=1S/C16H26N2O/c1-6-7-19-13-9-11(17)8-12(10-13)18-14-15(2,3)16(14,4)5/h8-10,14,18H,6-7,17H2,1-5H3. The molecule has 106 valence electrons. The van der Waals surface area contributed by atoms with Gasteiger partial charge >= 0.3 is 0 Å². The van der Waals surface area contributed by atoms with Crippen molar-refractivity contribution in [3.8, 4) is 5.75 Å². The van der Waals surface area contributed by atoms with Gasteiger partial charge in [-0.2, -0.15) is 0 Å². The molecular formula is C16H26N2O. The molecule has 0 spiro atoms. The normalized spacial score (nSPS) is 20.1. The van der Waals surface area contributed by atoms with Crippen molar-refractivity contribution in [2.24, 2.45) is 10.8 Å². The summed E-state index contributed by atoms with van der Waals surface area (Å²) in [6, 6.07) is 6.37. The molecule has 2 rings (SSSR count). The summed E-state index contributed by atoms with van der Waals surface area (Å²) in [7, 11) is 0. The molecule has 1 aromatic carbocycles. The summed E-state index contributed by atoms with van der Waals surface area (Å²) in [5.41, 5.74) is 8.35. The van der Waals surface area contributed by atoms with Crippen molar-refractivity contribution in [1.82, 2.24) is 0 Å². The van der Waals surface area contributed by atoms with Crippen LogP contribution in [0.1, 0.15) is 41.0 Å². The van der Waals surface area contributed by atoms with E-state index in [1.807, 2.05) is 18.2 Å². The van der Waals surface area contributed by atoms with E-state index in [1.165, 1.54) is 0 Å². The maximum Gasteiger partial charge on any atom is 0.123 e. The highest BCUT2D eigenvalue weighted by atomic mass is 16.5. The van der Waals surface area contributed by atoms with E-state index < -0.39 is 0 Å². The van der Waals surface area contributed by atoms with E-state index in [-0.39, 0.29) is 0 Å². The average Bonchev–Trinajstić information content (AvgIpc) is 2.68. The van der Waals surface area contributed by atoms with Crippen LogP contribution in [0, 0.1) is 10.8 Å². The molecule has 0 bridgehead atoms. The van der Waals surface area contributed by atoms with Crippen molar-refractivity contribution in [3.63, 3.8) is 0 Å². The molecule has 1 saturated carbocycles. The van der Waals surface area contributed by atoms with Crippen molar-refractivity contribution in [3.05, 3.63) is 18.2 Å². The number of hydrogen-bond donors (Lipinski definition) is 2. The van der Waals surface area contributed by atoms with Gasteiger partial charge in [0.25, 0.3) is 0 Å². The van der Waals surface area contributed by atoms with Crippen LogP contribution in [-0.4, -0.2) is 12.6 Å². The molecule has 0 amide bonds. The smallest absolute Gasteiger partial charge is 0.123 e. The van der Waals surface area contributed by atoms with Gasteiger partial charge in [-0.05, 0) is 23.3 Å². The molecular weight excluding hydrogens is 236 g/mol. The Morgan fingerprint density at radius 3 is 2.32 bits per heavy atom. The molecule has 0 heterocycles. The Kier molecular flexibility index (Phi) is 3.41. The molecule has 19 heavy (non-hydrogen) atoms. The Hall–Kier alpha value is -1.38. The molecule has 0 aliphatic heterocycles. The molecule has 0 saturated heterocycles. The lowest BCUT2D eigenvalue weighted by atomic mass is 10.0.